The van der Waals surface area contributed by atoms with E-state index in [1.807, 2.05) is 67.3 Å². The van der Waals surface area contributed by atoms with Crippen molar-refractivity contribution in [2.45, 2.75) is 197 Å². The number of primary amides is 1. The van der Waals surface area contributed by atoms with E-state index >= 15 is 24.0 Å². The van der Waals surface area contributed by atoms with Gasteiger partial charge in [0.1, 0.15) is 48.3 Å². The number of H-pyrrole nitrogens is 2. The van der Waals surface area contributed by atoms with Gasteiger partial charge in [0.15, 0.2) is 5.96 Å². The minimum atomic E-state index is -1.74. The molecule has 43 nitrogen and oxygen atoms in total. The van der Waals surface area contributed by atoms with Crippen LogP contribution in [0.2, 0.25) is 0 Å². The second kappa shape index (κ2) is 56.2. The average Bonchev–Trinajstić information content (AvgIpc) is 1.76. The predicted octanol–water partition coefficient (Wildman–Crippen LogP) is -2.10. The number of likely N-dealkylation sites (N-methyl/N-ethyl adjacent to an activating group) is 2. The van der Waals surface area contributed by atoms with Gasteiger partial charge in [0, 0.05) is 160 Å². The highest BCUT2D eigenvalue weighted by Crippen LogP contribution is 2.23. The zero-order valence-electron chi connectivity index (χ0n) is 77.6. The molecule has 2 aromatic heterocycles. The third kappa shape index (κ3) is 38.1. The number of amides is 13. The molecule has 13 amide bonds. The smallest absolute Gasteiger partial charge is 0.317 e. The number of aliphatic carboxylic acids is 3. The molecule has 738 valence electrons. The molecule has 3 aromatic carbocycles. The van der Waals surface area contributed by atoms with E-state index in [1.54, 1.807) is 56.1 Å². The molecule has 3 fully saturated rings. The number of aromatic amines is 2. The van der Waals surface area contributed by atoms with E-state index in [1.165, 1.54) is 26.6 Å². The monoisotopic (exact) mass is 1880 g/mol. The lowest BCUT2D eigenvalue weighted by molar-refractivity contribution is -0.145. The van der Waals surface area contributed by atoms with Crippen molar-refractivity contribution in [1.82, 2.24) is 108 Å². The number of imidazole rings is 1. The lowest BCUT2D eigenvalue weighted by Crippen LogP contribution is -2.61. The molecule has 21 N–H and O–H groups in total. The zero-order valence-corrected chi connectivity index (χ0v) is 77.6. The maximum atomic E-state index is 15.5. The molecule has 5 heterocycles. The van der Waals surface area contributed by atoms with Gasteiger partial charge in [-0.05, 0) is 113 Å². The Bertz CT molecular complexity index is 4730. The normalized spacial score (nSPS) is 19.9. The second-order valence-corrected chi connectivity index (χ2v) is 34.8. The summed E-state index contributed by atoms with van der Waals surface area (Å²) in [4.78, 5) is 244. The summed E-state index contributed by atoms with van der Waals surface area (Å²) in [5.74, 6) is -12.8. The molecule has 8 rings (SSSR count). The van der Waals surface area contributed by atoms with Gasteiger partial charge >= 0.3 is 17.9 Å². The van der Waals surface area contributed by atoms with Crippen molar-refractivity contribution in [3.8, 4) is 0 Å². The van der Waals surface area contributed by atoms with Gasteiger partial charge in [-0.1, -0.05) is 98.1 Å². The highest BCUT2D eigenvalue weighted by molar-refractivity contribution is 6.00. The Hall–Kier alpha value is -13.0. The molecule has 2 unspecified atom stereocenters. The largest absolute Gasteiger partial charge is 0.480 e. The molecule has 135 heavy (non-hydrogen) atoms. The summed E-state index contributed by atoms with van der Waals surface area (Å²) in [5, 5.41) is 68.4. The van der Waals surface area contributed by atoms with Crippen LogP contribution in [-0.4, -0.2) is 358 Å². The van der Waals surface area contributed by atoms with Crippen molar-refractivity contribution in [1.29, 1.82) is 5.41 Å². The molecule has 43 heteroatoms. The fourth-order valence-electron chi connectivity index (χ4n) is 16.6. The number of carbonyl (C=O) groups excluding carboxylic acids is 13. The van der Waals surface area contributed by atoms with Crippen molar-refractivity contribution < 1.29 is 92.0 Å². The summed E-state index contributed by atoms with van der Waals surface area (Å²) in [7, 11) is 2.75. The maximum Gasteiger partial charge on any atom is 0.317 e. The number of benzene rings is 3. The first-order valence-corrected chi connectivity index (χ1v) is 46.4. The topological polar surface area (TPSA) is 609 Å². The Morgan fingerprint density at radius 3 is 1.72 bits per heavy atom. The fourth-order valence-corrected chi connectivity index (χ4v) is 16.6. The zero-order chi connectivity index (χ0) is 97.9. The number of hydrogen-bond acceptors (Lipinski definition) is 23. The predicted molar refractivity (Wildman–Crippen MR) is 499 cm³/mol. The lowest BCUT2D eigenvalue weighted by atomic mass is 10.00. The highest BCUT2D eigenvalue weighted by Gasteiger charge is 2.40. The van der Waals surface area contributed by atoms with Crippen LogP contribution in [0.1, 0.15) is 138 Å². The van der Waals surface area contributed by atoms with Crippen molar-refractivity contribution in [3.63, 3.8) is 0 Å². The first-order valence-electron chi connectivity index (χ1n) is 46.4. The number of aryl methyl sites for hydroxylation is 2. The quantitative estimate of drug-likeness (QED) is 0.0113. The van der Waals surface area contributed by atoms with Gasteiger partial charge in [-0.15, -0.1) is 0 Å². The van der Waals surface area contributed by atoms with Gasteiger partial charge in [-0.2, -0.15) is 0 Å². The Morgan fingerprint density at radius 2 is 1.10 bits per heavy atom. The van der Waals surface area contributed by atoms with Gasteiger partial charge in [0.25, 0.3) is 0 Å². The number of piperidine rings is 1. The second-order valence-electron chi connectivity index (χ2n) is 34.8. The van der Waals surface area contributed by atoms with Crippen molar-refractivity contribution >= 4 is 112 Å². The summed E-state index contributed by atoms with van der Waals surface area (Å²) in [6.07, 6.45) is 7.42. The Balaban J connectivity index is 0.951. The number of hydrogen-bond donors (Lipinski definition) is 19. The summed E-state index contributed by atoms with van der Waals surface area (Å²) in [6.45, 7) is 4.47. The lowest BCUT2D eigenvalue weighted by Gasteiger charge is -2.34. The minimum absolute atomic E-state index is 0.00828. The summed E-state index contributed by atoms with van der Waals surface area (Å²) in [6, 6.07) is 12.3. The number of guanidine groups is 1. The first-order chi connectivity index (χ1) is 64.7. The molecular weight excluding hydrogens is 1750 g/mol. The van der Waals surface area contributed by atoms with Gasteiger partial charge in [0.05, 0.1) is 52.0 Å². The van der Waals surface area contributed by atoms with E-state index in [4.69, 9.17) is 16.9 Å². The summed E-state index contributed by atoms with van der Waals surface area (Å²) in [5.41, 5.74) is 16.1. The van der Waals surface area contributed by atoms with E-state index in [2.05, 4.69) is 73.4 Å². The number of fused-ring (bicyclic) bond motifs is 1. The molecule has 3 aliphatic rings. The van der Waals surface area contributed by atoms with Crippen LogP contribution >= 0.6 is 0 Å². The van der Waals surface area contributed by atoms with Crippen LogP contribution in [0.5, 0.6) is 0 Å². The van der Waals surface area contributed by atoms with Crippen LogP contribution in [0.25, 0.3) is 10.9 Å². The number of rotatable bonds is 41. The fraction of sp³-hybridized carbons (Fsp3) is 0.565. The molecule has 3 aliphatic heterocycles. The third-order valence-corrected chi connectivity index (χ3v) is 24.2. The van der Waals surface area contributed by atoms with Crippen molar-refractivity contribution in [3.05, 3.63) is 126 Å². The van der Waals surface area contributed by atoms with Gasteiger partial charge in [0.2, 0.25) is 76.8 Å². The molecule has 8 atom stereocenters. The van der Waals surface area contributed by atoms with Crippen LogP contribution in [0.15, 0.2) is 97.6 Å². The number of likely N-dealkylation sites (tertiary alicyclic amines) is 1. The Labute approximate surface area is 785 Å². The van der Waals surface area contributed by atoms with Crippen LogP contribution in [0.3, 0.4) is 0 Å². The van der Waals surface area contributed by atoms with E-state index in [0.717, 1.165) is 31.8 Å². The number of carboxylic acid groups (broad SMARTS) is 3. The van der Waals surface area contributed by atoms with Crippen molar-refractivity contribution in [2.75, 3.05) is 138 Å². The van der Waals surface area contributed by atoms with Crippen LogP contribution in [0.4, 0.5) is 0 Å². The number of nitrogens with zero attached hydrogens (tertiary/aromatic N) is 8. The number of carbonyl (C=O) groups is 16. The minimum Gasteiger partial charge on any atom is -0.480 e. The average molecular weight is 1880 g/mol. The van der Waals surface area contributed by atoms with Crippen LogP contribution in [-0.2, 0) is 102 Å². The number of aromatic nitrogens is 3. The highest BCUT2D eigenvalue weighted by atomic mass is 16.4. The summed E-state index contributed by atoms with van der Waals surface area (Å²) < 4.78 is 0. The molecule has 5 aromatic rings. The standard InChI is InChI=1S/C92H136N24O19/c1-5-6-22-68(105-80(121)55-112-37-32-64(33-38-112)103-85(129)69(104-78(119)53-101-76(117)27-16-20-61-30-28-60(2)29-31-61)24-12-14-35-98-79(120)54-113-39-41-114(56-81(122)123)43-45-116(58-83(126)127)46-44-115(42-40-113)57-82(124)125)86(130)107-71-50-77(118)97-34-15-13-25-74(84(93)128)110(3)91(135)73(48-63-51-100-67-23-11-10-21-66(63)67)109-89(133)75(26-17-36-99-92(94)95)111(4)90(134)72(47-62-18-8-7-9-19-62)108-87(131)70(106-88(71)132)49-65-52-96-59-102-65/h7-11,18-19,21,23,28-31,51-52,59,64,68-75,100H,5-6,12-17,20,22,24-27,32-50,53-58H2,1-4H3,(H2,93,128)(H,96,102)(H,97,118)(H,98,120)(H,101,117)(H,103,129)(H,104,119)(H,105,121)(H,106,132)(H,107,130)(H,108,131)(H,109,133)(H,122,123)(H,124,125)(H,126,127)(H4,94,95,99)/t68-,69?,70-,71?,72+,73-,74-,75-/m0/s1. The van der Waals surface area contributed by atoms with Gasteiger partial charge in [-0.25, -0.2) is 4.98 Å². The SMILES string of the molecule is CCCC[C@H](NC(=O)CN1CCC(NC(=O)C(CCCCNC(=O)CN2CCN(CC(=O)O)CCN(CC(=O)O)CCN(CC(=O)O)CC2)NC(=O)CNC(=O)CCCc2ccc(C)cc2)CC1)C(=O)NC1CC(=O)NCCCC[C@@H](C(N)=O)N(C)C(=O)[C@H](Cc2c[nH]c3ccccc23)NC(=O)[C@H](CCCNC(=N)N)N(C)C(=O)[C@@H](Cc2ccccc2)NC(=O)[C@H](Cc2cnc[nH]2)NC1=O. The molecular formula is C92H136N24O19. The maximum absolute atomic E-state index is 15.5. The Kier molecular flexibility index (Phi) is 44.7. The first kappa shape index (κ1) is 107. The molecule has 0 spiro atoms. The van der Waals surface area contributed by atoms with E-state index in [-0.39, 0.29) is 206 Å². The van der Waals surface area contributed by atoms with Gasteiger partial charge < -0.3 is 105 Å². The molecule has 0 radical (unpaired) electrons. The van der Waals surface area contributed by atoms with E-state index in [9.17, 15) is 68.1 Å². The van der Waals surface area contributed by atoms with Crippen LogP contribution in [0, 0.1) is 12.3 Å². The summed E-state index contributed by atoms with van der Waals surface area (Å²) >= 11 is 0. The van der Waals surface area contributed by atoms with E-state index in [0.29, 0.717) is 68.2 Å². The number of nitrogens with one attached hydrogen (secondary N) is 14. The van der Waals surface area contributed by atoms with Crippen molar-refractivity contribution in [2.24, 2.45) is 11.5 Å². The molecule has 0 bridgehead atoms. The number of unbranched alkanes of at least 4 members (excludes halogenated alkanes) is 2. The number of carboxylic acids is 3. The van der Waals surface area contributed by atoms with Gasteiger partial charge in [-0.3, -0.25) is 107 Å². The Morgan fingerprint density at radius 1 is 0.541 bits per heavy atom. The molecule has 0 saturated carbocycles. The molecule has 3 saturated heterocycles. The molecule has 0 aliphatic carbocycles. The number of nitrogens with two attached hydrogens (primary N) is 2. The third-order valence-electron chi connectivity index (χ3n) is 24.2. The number of para-hydroxylation sites is 1. The van der Waals surface area contributed by atoms with E-state index < -0.39 is 150 Å². The van der Waals surface area contributed by atoms with Crippen LogP contribution < -0.4 is 70.0 Å².